The van der Waals surface area contributed by atoms with Gasteiger partial charge >= 0.3 is 12.1 Å². The van der Waals surface area contributed by atoms with Gasteiger partial charge in [-0.05, 0) is 31.9 Å². The molecule has 2 saturated heterocycles. The molecule has 1 atom stereocenters. The average molecular weight is 413 g/mol. The van der Waals surface area contributed by atoms with Crippen molar-refractivity contribution >= 4 is 18.0 Å². The number of carbonyl (C=O) groups excluding carboxylic acids is 3. The maximum Gasteiger partial charge on any atom is 0.410 e. The summed E-state index contributed by atoms with van der Waals surface area (Å²) in [5, 5.41) is 8.74. The number of nitrogens with zero attached hydrogens (tertiary/aromatic N) is 5. The predicted molar refractivity (Wildman–Crippen MR) is 104 cm³/mol. The highest BCUT2D eigenvalue weighted by molar-refractivity contribution is 5.93. The maximum absolute atomic E-state index is 13.0. The molecule has 2 aliphatic heterocycles. The molecule has 2 aliphatic rings. The fourth-order valence-corrected chi connectivity index (χ4v) is 3.90. The fraction of sp³-hybridized carbons (Fsp3) is 0.450. The molecule has 0 aliphatic carbocycles. The minimum Gasteiger partial charge on any atom is -0.467 e. The first kappa shape index (κ1) is 19.9. The van der Waals surface area contributed by atoms with Crippen LogP contribution in [0.3, 0.4) is 0 Å². The van der Waals surface area contributed by atoms with Gasteiger partial charge in [0.2, 0.25) is 0 Å². The van der Waals surface area contributed by atoms with Crippen LogP contribution in [0.2, 0.25) is 0 Å². The third-order valence-electron chi connectivity index (χ3n) is 5.50. The van der Waals surface area contributed by atoms with Crippen molar-refractivity contribution in [1.82, 2.24) is 24.8 Å². The number of cyclic esters (lactones) is 1. The highest BCUT2D eigenvalue weighted by Crippen LogP contribution is 2.25. The Labute approximate surface area is 173 Å². The quantitative estimate of drug-likeness (QED) is 0.693. The van der Waals surface area contributed by atoms with Crippen molar-refractivity contribution in [1.29, 1.82) is 0 Å². The number of aromatic nitrogens is 3. The summed E-state index contributed by atoms with van der Waals surface area (Å²) >= 11 is 0. The van der Waals surface area contributed by atoms with Crippen LogP contribution < -0.4 is 0 Å². The van der Waals surface area contributed by atoms with Crippen LogP contribution >= 0.6 is 0 Å². The van der Waals surface area contributed by atoms with Crippen LogP contribution in [0.1, 0.15) is 29.0 Å². The normalized spacial score (nSPS) is 19.7. The summed E-state index contributed by atoms with van der Waals surface area (Å²) in [6.45, 7) is 2.64. The largest absolute Gasteiger partial charge is 0.467 e. The lowest BCUT2D eigenvalue weighted by atomic mass is 10.0. The van der Waals surface area contributed by atoms with Crippen LogP contribution in [-0.4, -0.2) is 81.7 Å². The third kappa shape index (κ3) is 3.60. The van der Waals surface area contributed by atoms with Gasteiger partial charge in [-0.3, -0.25) is 9.69 Å². The SMILES string of the molecule is COC(=O)C1COC(=O)N1C1CCN(C(=O)c2nn(-c3ccccc3)nc2C)CC1. The second-order valence-electron chi connectivity index (χ2n) is 7.31. The molecular weight excluding hydrogens is 390 g/mol. The van der Waals surface area contributed by atoms with E-state index in [1.54, 1.807) is 11.8 Å². The minimum absolute atomic E-state index is 0.00750. The zero-order chi connectivity index (χ0) is 21.3. The molecule has 0 bridgehead atoms. The Morgan fingerprint density at radius 2 is 1.83 bits per heavy atom. The van der Waals surface area contributed by atoms with Gasteiger partial charge in [0.25, 0.3) is 5.91 Å². The summed E-state index contributed by atoms with van der Waals surface area (Å²) in [4.78, 5) is 41.7. The Kier molecular flexibility index (Phi) is 5.39. The minimum atomic E-state index is -0.734. The number of aryl methyl sites for hydroxylation is 1. The van der Waals surface area contributed by atoms with Crippen molar-refractivity contribution in [3.8, 4) is 5.69 Å². The van der Waals surface area contributed by atoms with E-state index in [9.17, 15) is 14.4 Å². The molecule has 1 unspecified atom stereocenters. The van der Waals surface area contributed by atoms with Gasteiger partial charge in [-0.2, -0.15) is 9.90 Å². The molecule has 0 radical (unpaired) electrons. The number of amides is 2. The Morgan fingerprint density at radius 1 is 1.13 bits per heavy atom. The zero-order valence-electron chi connectivity index (χ0n) is 16.9. The summed E-state index contributed by atoms with van der Waals surface area (Å²) in [6, 6.07) is 8.47. The molecule has 2 aromatic rings. The first-order chi connectivity index (χ1) is 14.5. The standard InChI is InChI=1S/C20H23N5O5/c1-13-17(22-25(21-13)15-6-4-3-5-7-15)18(26)23-10-8-14(9-11-23)24-16(19(27)29-2)12-30-20(24)28/h3-7,14,16H,8-12H2,1-2H3. The Hall–Kier alpha value is -3.43. The molecule has 30 heavy (non-hydrogen) atoms. The lowest BCUT2D eigenvalue weighted by Gasteiger charge is -2.36. The molecule has 158 valence electrons. The number of methoxy groups -OCH3 is 1. The van der Waals surface area contributed by atoms with Gasteiger partial charge in [0, 0.05) is 19.1 Å². The number of piperidine rings is 1. The van der Waals surface area contributed by atoms with Crippen molar-refractivity contribution in [3.63, 3.8) is 0 Å². The lowest BCUT2D eigenvalue weighted by Crippen LogP contribution is -2.52. The molecule has 1 aromatic carbocycles. The van der Waals surface area contributed by atoms with E-state index in [2.05, 4.69) is 10.2 Å². The Balaban J connectivity index is 1.43. The first-order valence-corrected chi connectivity index (χ1v) is 9.81. The number of carbonyl (C=O) groups is 3. The van der Waals surface area contributed by atoms with Crippen LogP contribution in [0.15, 0.2) is 30.3 Å². The Bertz CT molecular complexity index is 952. The van der Waals surface area contributed by atoms with E-state index in [-0.39, 0.29) is 18.6 Å². The number of hydrogen-bond acceptors (Lipinski definition) is 7. The number of benzene rings is 1. The molecule has 1 aromatic heterocycles. The molecule has 0 spiro atoms. The molecule has 10 nitrogen and oxygen atoms in total. The number of ether oxygens (including phenoxy) is 2. The van der Waals surface area contributed by atoms with Gasteiger partial charge in [0.15, 0.2) is 11.7 Å². The highest BCUT2D eigenvalue weighted by Gasteiger charge is 2.44. The fourth-order valence-electron chi connectivity index (χ4n) is 3.90. The highest BCUT2D eigenvalue weighted by atomic mass is 16.6. The summed E-state index contributed by atoms with van der Waals surface area (Å²) in [6.07, 6.45) is 0.567. The van der Waals surface area contributed by atoms with Crippen molar-refractivity contribution in [2.24, 2.45) is 0 Å². The van der Waals surface area contributed by atoms with E-state index < -0.39 is 18.1 Å². The average Bonchev–Trinajstić information content (AvgIpc) is 3.36. The van der Waals surface area contributed by atoms with E-state index in [0.717, 1.165) is 5.69 Å². The Morgan fingerprint density at radius 3 is 2.50 bits per heavy atom. The molecule has 0 saturated carbocycles. The van der Waals surface area contributed by atoms with E-state index in [0.29, 0.717) is 37.3 Å². The lowest BCUT2D eigenvalue weighted by molar-refractivity contribution is -0.145. The van der Waals surface area contributed by atoms with Crippen LogP contribution in [0, 0.1) is 6.92 Å². The predicted octanol–water partition coefficient (Wildman–Crippen LogP) is 1.17. The summed E-state index contributed by atoms with van der Waals surface area (Å²) in [5.74, 6) is -0.686. The van der Waals surface area contributed by atoms with Gasteiger partial charge in [0.1, 0.15) is 6.61 Å². The van der Waals surface area contributed by atoms with Crippen LogP contribution in [0.4, 0.5) is 4.79 Å². The first-order valence-electron chi connectivity index (χ1n) is 9.81. The second-order valence-corrected chi connectivity index (χ2v) is 7.31. The number of rotatable bonds is 4. The zero-order valence-corrected chi connectivity index (χ0v) is 16.9. The third-order valence-corrected chi connectivity index (χ3v) is 5.50. The van der Waals surface area contributed by atoms with Crippen molar-refractivity contribution in [2.45, 2.75) is 31.8 Å². The molecule has 0 N–H and O–H groups in total. The summed E-state index contributed by atoms with van der Waals surface area (Å²) < 4.78 is 9.82. The van der Waals surface area contributed by atoms with Gasteiger partial charge in [-0.15, -0.1) is 5.10 Å². The van der Waals surface area contributed by atoms with Crippen molar-refractivity contribution in [2.75, 3.05) is 26.8 Å². The molecule has 4 rings (SSSR count). The molecule has 2 amide bonds. The van der Waals surface area contributed by atoms with Gasteiger partial charge < -0.3 is 14.4 Å². The van der Waals surface area contributed by atoms with Crippen LogP contribution in [0.5, 0.6) is 0 Å². The van der Waals surface area contributed by atoms with Crippen LogP contribution in [0.25, 0.3) is 5.69 Å². The molecular formula is C20H23N5O5. The monoisotopic (exact) mass is 413 g/mol. The number of hydrogen-bond donors (Lipinski definition) is 0. The van der Waals surface area contributed by atoms with Gasteiger partial charge in [0.05, 0.1) is 18.5 Å². The maximum atomic E-state index is 13.0. The number of likely N-dealkylation sites (tertiary alicyclic amines) is 1. The van der Waals surface area contributed by atoms with Gasteiger partial charge in [-0.25, -0.2) is 9.59 Å². The second kappa shape index (κ2) is 8.13. The molecule has 10 heteroatoms. The summed E-state index contributed by atoms with van der Waals surface area (Å²) in [7, 11) is 1.29. The van der Waals surface area contributed by atoms with E-state index in [4.69, 9.17) is 9.47 Å². The topological polar surface area (TPSA) is 107 Å². The van der Waals surface area contributed by atoms with E-state index in [1.807, 2.05) is 30.3 Å². The number of esters is 1. The summed E-state index contributed by atoms with van der Waals surface area (Å²) in [5.41, 5.74) is 1.64. The van der Waals surface area contributed by atoms with Crippen molar-refractivity contribution in [3.05, 3.63) is 41.7 Å². The number of para-hydroxylation sites is 1. The molecule has 3 heterocycles. The van der Waals surface area contributed by atoms with Crippen molar-refractivity contribution < 1.29 is 23.9 Å². The van der Waals surface area contributed by atoms with E-state index in [1.165, 1.54) is 16.8 Å². The smallest absolute Gasteiger partial charge is 0.410 e. The van der Waals surface area contributed by atoms with Gasteiger partial charge in [-0.1, -0.05) is 18.2 Å². The van der Waals surface area contributed by atoms with Crippen LogP contribution in [-0.2, 0) is 14.3 Å². The van der Waals surface area contributed by atoms with E-state index >= 15 is 0 Å². The molecule has 2 fully saturated rings.